The van der Waals surface area contributed by atoms with Gasteiger partial charge < -0.3 is 24.2 Å². The number of carbonyl (C=O) groups is 1. The van der Waals surface area contributed by atoms with E-state index in [1.807, 2.05) is 0 Å². The van der Waals surface area contributed by atoms with E-state index in [1.54, 1.807) is 18.2 Å². The number of nitrogens with zero attached hydrogens (tertiary/aromatic N) is 1. The molecular weight excluding hydrogens is 391 g/mol. The molecule has 0 heterocycles. The van der Waals surface area contributed by atoms with Gasteiger partial charge in [0.1, 0.15) is 18.5 Å². The van der Waals surface area contributed by atoms with E-state index >= 15 is 0 Å². The van der Waals surface area contributed by atoms with E-state index in [9.17, 15) is 23.1 Å². The Hall–Kier alpha value is -2.94. The van der Waals surface area contributed by atoms with Gasteiger partial charge in [-0.25, -0.2) is 0 Å². The molecule has 0 bridgehead atoms. The summed E-state index contributed by atoms with van der Waals surface area (Å²) in [6.45, 7) is -0.252. The highest BCUT2D eigenvalue weighted by molar-refractivity contribution is 5.97. The van der Waals surface area contributed by atoms with E-state index in [4.69, 9.17) is 14.2 Å². The third kappa shape index (κ3) is 5.77. The fourth-order valence-electron chi connectivity index (χ4n) is 2.65. The molecule has 9 heteroatoms. The topological polar surface area (TPSA) is 68.2 Å². The van der Waals surface area contributed by atoms with Crippen molar-refractivity contribution in [1.82, 2.24) is 4.90 Å². The molecule has 158 valence electrons. The molecule has 1 amide bonds. The first-order valence-corrected chi connectivity index (χ1v) is 8.62. The van der Waals surface area contributed by atoms with Crippen LogP contribution in [0.1, 0.15) is 15.9 Å². The predicted octanol–water partition coefficient (Wildman–Crippen LogP) is 3.23. The van der Waals surface area contributed by atoms with Gasteiger partial charge in [0.05, 0.1) is 25.3 Å². The van der Waals surface area contributed by atoms with Crippen molar-refractivity contribution in [1.29, 1.82) is 0 Å². The van der Waals surface area contributed by atoms with Crippen LogP contribution >= 0.6 is 0 Å². The van der Waals surface area contributed by atoms with E-state index in [2.05, 4.69) is 0 Å². The Morgan fingerprint density at radius 3 is 2.31 bits per heavy atom. The average molecular weight is 413 g/mol. The Kier molecular flexibility index (Phi) is 7.33. The van der Waals surface area contributed by atoms with Crippen molar-refractivity contribution in [3.05, 3.63) is 53.6 Å². The Morgan fingerprint density at radius 1 is 1.10 bits per heavy atom. The molecule has 2 rings (SSSR count). The van der Waals surface area contributed by atoms with Crippen molar-refractivity contribution < 1.29 is 37.3 Å². The number of hydrogen-bond donors (Lipinski definition) is 1. The number of halogens is 3. The minimum Gasteiger partial charge on any atom is -0.493 e. The van der Waals surface area contributed by atoms with Crippen LogP contribution in [0.2, 0.25) is 0 Å². The first kappa shape index (κ1) is 22.4. The highest BCUT2D eigenvalue weighted by Gasteiger charge is 2.30. The highest BCUT2D eigenvalue weighted by atomic mass is 19.4. The number of para-hydroxylation sites is 1. The number of methoxy groups -OCH3 is 2. The molecule has 2 aromatic carbocycles. The van der Waals surface area contributed by atoms with Gasteiger partial charge in [-0.2, -0.15) is 13.2 Å². The van der Waals surface area contributed by atoms with Crippen molar-refractivity contribution in [3.8, 4) is 17.2 Å². The predicted molar refractivity (Wildman–Crippen MR) is 99.5 cm³/mol. The highest BCUT2D eigenvalue weighted by Crippen LogP contribution is 2.32. The zero-order chi connectivity index (χ0) is 21.6. The molecule has 0 unspecified atom stereocenters. The summed E-state index contributed by atoms with van der Waals surface area (Å²) in [6, 6.07) is 9.01. The molecule has 0 radical (unpaired) electrons. The maximum Gasteiger partial charge on any atom is 0.416 e. The lowest BCUT2D eigenvalue weighted by molar-refractivity contribution is -0.137. The van der Waals surface area contributed by atoms with Crippen LogP contribution in [0, 0.1) is 0 Å². The number of benzene rings is 2. The van der Waals surface area contributed by atoms with Gasteiger partial charge in [-0.05, 0) is 36.4 Å². The van der Waals surface area contributed by atoms with Gasteiger partial charge in [0.2, 0.25) is 0 Å². The first-order chi connectivity index (χ1) is 13.7. The van der Waals surface area contributed by atoms with Gasteiger partial charge in [-0.1, -0.05) is 6.07 Å². The first-order valence-electron chi connectivity index (χ1n) is 8.62. The molecule has 29 heavy (non-hydrogen) atoms. The quantitative estimate of drug-likeness (QED) is 0.720. The summed E-state index contributed by atoms with van der Waals surface area (Å²) in [5, 5.41) is 10.1. The van der Waals surface area contributed by atoms with E-state index in [-0.39, 0.29) is 30.2 Å². The van der Waals surface area contributed by atoms with Crippen molar-refractivity contribution in [2.75, 3.05) is 34.4 Å². The summed E-state index contributed by atoms with van der Waals surface area (Å²) in [4.78, 5) is 14.0. The molecule has 0 aromatic heterocycles. The summed E-state index contributed by atoms with van der Waals surface area (Å²) in [5.74, 6) is 0.468. The summed E-state index contributed by atoms with van der Waals surface area (Å²) < 4.78 is 53.4. The molecule has 0 aliphatic heterocycles. The second-order valence-electron chi connectivity index (χ2n) is 6.21. The standard InChI is InChI=1S/C20H22F3NO5/c1-24(19(26)16-5-4-6-17(27-2)18(16)28-3)11-14(25)12-29-15-9-7-13(8-10-15)20(21,22)23/h4-10,14,25H,11-12H2,1-3H3/t14-/m1/s1. The van der Waals surface area contributed by atoms with Crippen molar-refractivity contribution in [3.63, 3.8) is 0 Å². The maximum atomic E-state index is 12.7. The fraction of sp³-hybridized carbons (Fsp3) is 0.350. The molecule has 6 nitrogen and oxygen atoms in total. The second-order valence-corrected chi connectivity index (χ2v) is 6.21. The van der Waals surface area contributed by atoms with Crippen LogP contribution in [0.4, 0.5) is 13.2 Å². The van der Waals surface area contributed by atoms with Crippen molar-refractivity contribution >= 4 is 5.91 Å². The SMILES string of the molecule is COc1cccc(C(=O)N(C)C[C@@H](O)COc2ccc(C(F)(F)F)cc2)c1OC. The molecule has 1 N–H and O–H groups in total. The molecule has 0 aliphatic rings. The van der Waals surface area contributed by atoms with E-state index in [1.165, 1.54) is 38.3 Å². The number of aliphatic hydroxyl groups is 1. The Balaban J connectivity index is 1.95. The maximum absolute atomic E-state index is 12.7. The summed E-state index contributed by atoms with van der Waals surface area (Å²) in [5.41, 5.74) is -0.520. The van der Waals surface area contributed by atoms with Gasteiger partial charge >= 0.3 is 6.18 Å². The second kappa shape index (κ2) is 9.51. The number of alkyl halides is 3. The number of likely N-dealkylation sites (N-methyl/N-ethyl adjacent to an activating group) is 1. The molecule has 0 fully saturated rings. The molecule has 0 spiro atoms. The zero-order valence-corrected chi connectivity index (χ0v) is 16.2. The number of aliphatic hydroxyl groups excluding tert-OH is 1. The lowest BCUT2D eigenvalue weighted by atomic mass is 10.1. The molecular formula is C20H22F3NO5. The summed E-state index contributed by atoms with van der Waals surface area (Å²) in [6.07, 6.45) is -5.48. The Morgan fingerprint density at radius 2 is 1.76 bits per heavy atom. The molecule has 0 saturated heterocycles. The van der Waals surface area contributed by atoms with Gasteiger partial charge in [0.25, 0.3) is 5.91 Å². The smallest absolute Gasteiger partial charge is 0.416 e. The molecule has 0 saturated carbocycles. The minimum absolute atomic E-state index is 0.0557. The average Bonchev–Trinajstić information content (AvgIpc) is 2.70. The van der Waals surface area contributed by atoms with E-state index < -0.39 is 23.8 Å². The summed E-state index contributed by atoms with van der Waals surface area (Å²) in [7, 11) is 4.38. The van der Waals surface area contributed by atoms with E-state index in [0.717, 1.165) is 12.1 Å². The van der Waals surface area contributed by atoms with Crippen LogP contribution in [0.5, 0.6) is 17.2 Å². The minimum atomic E-state index is -4.43. The van der Waals surface area contributed by atoms with E-state index in [0.29, 0.717) is 5.75 Å². The van der Waals surface area contributed by atoms with Crippen LogP contribution in [0.3, 0.4) is 0 Å². The zero-order valence-electron chi connectivity index (χ0n) is 16.2. The number of amides is 1. The third-order valence-corrected chi connectivity index (χ3v) is 4.09. The number of hydrogen-bond acceptors (Lipinski definition) is 5. The molecule has 1 atom stereocenters. The molecule has 0 aliphatic carbocycles. The van der Waals surface area contributed by atoms with Crippen LogP contribution in [0.25, 0.3) is 0 Å². The number of carbonyl (C=O) groups excluding carboxylic acids is 1. The van der Waals surface area contributed by atoms with Gasteiger partial charge in [-0.15, -0.1) is 0 Å². The monoisotopic (exact) mass is 413 g/mol. The Bertz CT molecular complexity index is 824. The van der Waals surface area contributed by atoms with Gasteiger partial charge in [0, 0.05) is 13.6 Å². The van der Waals surface area contributed by atoms with Crippen LogP contribution in [-0.2, 0) is 6.18 Å². The third-order valence-electron chi connectivity index (χ3n) is 4.09. The van der Waals surface area contributed by atoms with Crippen LogP contribution in [-0.4, -0.2) is 56.4 Å². The van der Waals surface area contributed by atoms with Crippen molar-refractivity contribution in [2.45, 2.75) is 12.3 Å². The lowest BCUT2D eigenvalue weighted by Crippen LogP contribution is -2.37. The van der Waals surface area contributed by atoms with Gasteiger partial charge in [0.15, 0.2) is 11.5 Å². The Labute approximate surface area is 166 Å². The number of rotatable bonds is 8. The molecule has 2 aromatic rings. The van der Waals surface area contributed by atoms with Crippen molar-refractivity contribution in [2.24, 2.45) is 0 Å². The van der Waals surface area contributed by atoms with Crippen LogP contribution < -0.4 is 14.2 Å². The fourth-order valence-corrected chi connectivity index (χ4v) is 2.65. The van der Waals surface area contributed by atoms with Gasteiger partial charge in [-0.3, -0.25) is 4.79 Å². The normalized spacial score (nSPS) is 12.2. The lowest BCUT2D eigenvalue weighted by Gasteiger charge is -2.22. The largest absolute Gasteiger partial charge is 0.493 e. The number of ether oxygens (including phenoxy) is 3. The summed E-state index contributed by atoms with van der Waals surface area (Å²) >= 11 is 0. The van der Waals surface area contributed by atoms with Crippen LogP contribution in [0.15, 0.2) is 42.5 Å².